The number of amides is 1. The van der Waals surface area contributed by atoms with E-state index in [9.17, 15) is 4.79 Å². The Morgan fingerprint density at radius 1 is 0.967 bits per heavy atom. The van der Waals surface area contributed by atoms with E-state index < -0.39 is 0 Å². The Morgan fingerprint density at radius 3 is 2.57 bits per heavy atom. The van der Waals surface area contributed by atoms with Gasteiger partial charge < -0.3 is 5.32 Å². The van der Waals surface area contributed by atoms with Crippen LogP contribution in [0, 0.1) is 0 Å². The number of hydrogen-bond acceptors (Lipinski definition) is 3. The molecular formula is C25H24N4O. The van der Waals surface area contributed by atoms with Crippen LogP contribution >= 0.6 is 0 Å². The van der Waals surface area contributed by atoms with Crippen molar-refractivity contribution in [1.82, 2.24) is 19.8 Å². The highest BCUT2D eigenvalue weighted by molar-refractivity contribution is 5.94. The van der Waals surface area contributed by atoms with E-state index in [0.717, 1.165) is 42.8 Å². The van der Waals surface area contributed by atoms with Crippen molar-refractivity contribution in [2.45, 2.75) is 19.0 Å². The first kappa shape index (κ1) is 18.6. The standard InChI is InChI=1S/C25H24N4O/c30-25(27-21-14-15-28(17-21)16-19-6-2-1-3-7-19)20-10-12-22(13-11-20)29-18-26-23-8-4-5-9-24(23)29/h1-13,18,21H,14-17H2,(H,27,30). The average molecular weight is 396 g/mol. The van der Waals surface area contributed by atoms with Gasteiger partial charge in [-0.15, -0.1) is 0 Å². The minimum absolute atomic E-state index is 0.0106. The van der Waals surface area contributed by atoms with E-state index in [4.69, 9.17) is 0 Å². The molecule has 0 spiro atoms. The summed E-state index contributed by atoms with van der Waals surface area (Å²) in [6.07, 6.45) is 2.80. The second-order valence-electron chi connectivity index (χ2n) is 7.83. The summed E-state index contributed by atoms with van der Waals surface area (Å²) in [5.74, 6) is -0.0106. The largest absolute Gasteiger partial charge is 0.348 e. The van der Waals surface area contributed by atoms with E-state index in [2.05, 4.69) is 39.5 Å². The van der Waals surface area contributed by atoms with Crippen LogP contribution < -0.4 is 5.32 Å². The molecule has 1 aromatic heterocycles. The molecule has 1 aliphatic heterocycles. The van der Waals surface area contributed by atoms with Gasteiger partial charge >= 0.3 is 0 Å². The summed E-state index contributed by atoms with van der Waals surface area (Å²) in [5.41, 5.74) is 5.01. The van der Waals surface area contributed by atoms with Crippen molar-refractivity contribution in [2.24, 2.45) is 0 Å². The number of benzene rings is 3. The molecule has 5 heteroatoms. The number of likely N-dealkylation sites (tertiary alicyclic amines) is 1. The normalized spacial score (nSPS) is 16.7. The van der Waals surface area contributed by atoms with Crippen molar-refractivity contribution in [3.63, 3.8) is 0 Å². The molecule has 5 rings (SSSR count). The minimum Gasteiger partial charge on any atom is -0.348 e. The molecule has 1 N–H and O–H groups in total. The second kappa shape index (κ2) is 8.13. The van der Waals surface area contributed by atoms with Gasteiger partial charge in [0.15, 0.2) is 0 Å². The first-order valence-corrected chi connectivity index (χ1v) is 10.4. The van der Waals surface area contributed by atoms with Crippen molar-refractivity contribution >= 4 is 16.9 Å². The van der Waals surface area contributed by atoms with Gasteiger partial charge in [-0.05, 0) is 48.4 Å². The summed E-state index contributed by atoms with van der Waals surface area (Å²) < 4.78 is 2.04. The Labute approximate surface area is 176 Å². The maximum absolute atomic E-state index is 12.7. The lowest BCUT2D eigenvalue weighted by Gasteiger charge is -2.17. The van der Waals surface area contributed by atoms with Crippen LogP contribution in [-0.4, -0.2) is 39.5 Å². The van der Waals surface area contributed by atoms with Gasteiger partial charge in [-0.1, -0.05) is 42.5 Å². The van der Waals surface area contributed by atoms with Crippen molar-refractivity contribution in [3.8, 4) is 5.69 Å². The fraction of sp³-hybridized carbons (Fsp3) is 0.200. The van der Waals surface area contributed by atoms with Crippen LogP contribution in [0.5, 0.6) is 0 Å². The minimum atomic E-state index is -0.0106. The number of nitrogens with one attached hydrogen (secondary N) is 1. The SMILES string of the molecule is O=C(NC1CCN(Cc2ccccc2)C1)c1ccc(-n2cnc3ccccc32)cc1. The number of fused-ring (bicyclic) bond motifs is 1. The summed E-state index contributed by atoms with van der Waals surface area (Å²) in [7, 11) is 0. The third-order valence-corrected chi connectivity index (χ3v) is 5.72. The van der Waals surface area contributed by atoms with Gasteiger partial charge in [-0.25, -0.2) is 4.98 Å². The van der Waals surface area contributed by atoms with Gasteiger partial charge in [-0.3, -0.25) is 14.3 Å². The quantitative estimate of drug-likeness (QED) is 0.554. The van der Waals surface area contributed by atoms with Gasteiger partial charge in [0.2, 0.25) is 0 Å². The third kappa shape index (κ3) is 3.84. The zero-order valence-electron chi connectivity index (χ0n) is 16.7. The van der Waals surface area contributed by atoms with Crippen molar-refractivity contribution in [1.29, 1.82) is 0 Å². The third-order valence-electron chi connectivity index (χ3n) is 5.72. The number of aromatic nitrogens is 2. The highest BCUT2D eigenvalue weighted by atomic mass is 16.1. The van der Waals surface area contributed by atoms with E-state index >= 15 is 0 Å². The highest BCUT2D eigenvalue weighted by Gasteiger charge is 2.24. The zero-order valence-corrected chi connectivity index (χ0v) is 16.7. The van der Waals surface area contributed by atoms with Crippen LogP contribution in [0.3, 0.4) is 0 Å². The van der Waals surface area contributed by atoms with Gasteiger partial charge in [0, 0.05) is 36.9 Å². The van der Waals surface area contributed by atoms with Crippen LogP contribution in [0.2, 0.25) is 0 Å². The molecule has 3 aromatic carbocycles. The monoisotopic (exact) mass is 396 g/mol. The number of para-hydroxylation sites is 2. The Bertz CT molecular complexity index is 1150. The maximum atomic E-state index is 12.7. The molecule has 4 aromatic rings. The Hall–Kier alpha value is -3.44. The van der Waals surface area contributed by atoms with Gasteiger partial charge in [0.05, 0.1) is 11.0 Å². The van der Waals surface area contributed by atoms with Gasteiger partial charge in [-0.2, -0.15) is 0 Å². The van der Waals surface area contributed by atoms with Crippen LogP contribution in [0.15, 0.2) is 85.2 Å². The van der Waals surface area contributed by atoms with E-state index in [0.29, 0.717) is 5.56 Å². The van der Waals surface area contributed by atoms with Crippen molar-refractivity contribution in [3.05, 3.63) is 96.3 Å². The lowest BCUT2D eigenvalue weighted by Crippen LogP contribution is -2.36. The number of imidazole rings is 1. The molecule has 150 valence electrons. The molecule has 1 fully saturated rings. The topological polar surface area (TPSA) is 50.2 Å². The summed E-state index contributed by atoms with van der Waals surface area (Å²) in [6, 6.07) is 26.4. The molecule has 5 nitrogen and oxygen atoms in total. The average Bonchev–Trinajstić information content (AvgIpc) is 3.41. The number of rotatable bonds is 5. The van der Waals surface area contributed by atoms with Crippen LogP contribution in [0.1, 0.15) is 22.3 Å². The van der Waals surface area contributed by atoms with E-state index in [-0.39, 0.29) is 11.9 Å². The van der Waals surface area contributed by atoms with Crippen molar-refractivity contribution in [2.75, 3.05) is 13.1 Å². The lowest BCUT2D eigenvalue weighted by molar-refractivity contribution is 0.0937. The number of hydrogen-bond donors (Lipinski definition) is 1. The zero-order chi connectivity index (χ0) is 20.3. The molecule has 1 atom stereocenters. The molecule has 1 unspecified atom stereocenters. The van der Waals surface area contributed by atoms with Crippen LogP contribution in [0.25, 0.3) is 16.7 Å². The molecule has 1 saturated heterocycles. The predicted molar refractivity (Wildman–Crippen MR) is 119 cm³/mol. The first-order valence-electron chi connectivity index (χ1n) is 10.4. The lowest BCUT2D eigenvalue weighted by atomic mass is 10.1. The summed E-state index contributed by atoms with van der Waals surface area (Å²) >= 11 is 0. The van der Waals surface area contributed by atoms with E-state index in [1.165, 1.54) is 5.56 Å². The summed E-state index contributed by atoms with van der Waals surface area (Å²) in [4.78, 5) is 19.6. The highest BCUT2D eigenvalue weighted by Crippen LogP contribution is 2.19. The fourth-order valence-corrected chi connectivity index (χ4v) is 4.14. The molecule has 2 heterocycles. The van der Waals surface area contributed by atoms with Gasteiger partial charge in [0.25, 0.3) is 5.91 Å². The molecule has 0 bridgehead atoms. The fourth-order valence-electron chi connectivity index (χ4n) is 4.14. The molecule has 0 saturated carbocycles. The first-order chi connectivity index (χ1) is 14.8. The Morgan fingerprint density at radius 2 is 1.73 bits per heavy atom. The Balaban J connectivity index is 1.22. The number of carbonyl (C=O) groups excluding carboxylic acids is 1. The molecule has 1 aliphatic rings. The van der Waals surface area contributed by atoms with Gasteiger partial charge in [0.1, 0.15) is 6.33 Å². The number of carbonyl (C=O) groups is 1. The van der Waals surface area contributed by atoms with Crippen LogP contribution in [0.4, 0.5) is 0 Å². The van der Waals surface area contributed by atoms with Crippen molar-refractivity contribution < 1.29 is 4.79 Å². The van der Waals surface area contributed by atoms with E-state index in [1.54, 1.807) is 0 Å². The summed E-state index contributed by atoms with van der Waals surface area (Å²) in [5, 5.41) is 3.20. The summed E-state index contributed by atoms with van der Waals surface area (Å²) in [6.45, 7) is 2.83. The smallest absolute Gasteiger partial charge is 0.251 e. The van der Waals surface area contributed by atoms with Crippen LogP contribution in [-0.2, 0) is 6.54 Å². The predicted octanol–water partition coefficient (Wildman–Crippen LogP) is 4.03. The molecule has 1 amide bonds. The molecule has 0 radical (unpaired) electrons. The molecule has 30 heavy (non-hydrogen) atoms. The van der Waals surface area contributed by atoms with E-state index in [1.807, 2.05) is 65.5 Å². The Kier molecular flexibility index (Phi) is 5.03. The second-order valence-corrected chi connectivity index (χ2v) is 7.83. The number of nitrogens with zero attached hydrogens (tertiary/aromatic N) is 3. The molecular weight excluding hydrogens is 372 g/mol. The maximum Gasteiger partial charge on any atom is 0.251 e. The molecule has 0 aliphatic carbocycles.